The number of nitrogens with one attached hydrogen (secondary N) is 1. The number of thiophene rings is 1. The van der Waals surface area contributed by atoms with E-state index in [4.69, 9.17) is 4.98 Å². The van der Waals surface area contributed by atoms with Crippen LogP contribution in [0.2, 0.25) is 0 Å². The van der Waals surface area contributed by atoms with E-state index in [-0.39, 0.29) is 5.91 Å². The molecule has 1 N–H and O–H groups in total. The second kappa shape index (κ2) is 8.57. The van der Waals surface area contributed by atoms with Gasteiger partial charge in [0.15, 0.2) is 0 Å². The molecule has 2 aromatic heterocycles. The fourth-order valence-corrected chi connectivity index (χ4v) is 5.81. The number of benzene rings is 2. The summed E-state index contributed by atoms with van der Waals surface area (Å²) in [4.78, 5) is 19.5. The molecule has 1 aliphatic rings. The Bertz CT molecular complexity index is 1350. The summed E-state index contributed by atoms with van der Waals surface area (Å²) in [5.74, 6) is 0.455. The van der Waals surface area contributed by atoms with Crippen molar-refractivity contribution < 1.29 is 4.79 Å². The van der Waals surface area contributed by atoms with Gasteiger partial charge in [-0.15, -0.1) is 11.3 Å². The number of fused-ring (bicyclic) bond motifs is 2. The van der Waals surface area contributed by atoms with Gasteiger partial charge in [0.2, 0.25) is 0 Å². The Morgan fingerprint density at radius 1 is 1.19 bits per heavy atom. The Hall–Kier alpha value is -3.49. The molecule has 2 heterocycles. The van der Waals surface area contributed by atoms with Crippen LogP contribution in [0.5, 0.6) is 0 Å². The lowest BCUT2D eigenvalue weighted by atomic mass is 9.86. The largest absolute Gasteiger partial charge is 0.312 e. The van der Waals surface area contributed by atoms with Crippen LogP contribution in [0.4, 0.5) is 5.00 Å². The number of anilines is 1. The molecule has 0 spiro atoms. The summed E-state index contributed by atoms with van der Waals surface area (Å²) in [7, 11) is 0. The van der Waals surface area contributed by atoms with Gasteiger partial charge in [-0.1, -0.05) is 61.9 Å². The molecule has 5 rings (SSSR count). The molecule has 0 aliphatic heterocycles. The number of amides is 1. The zero-order valence-electron chi connectivity index (χ0n) is 17.9. The van der Waals surface area contributed by atoms with Gasteiger partial charge in [-0.3, -0.25) is 4.79 Å². The van der Waals surface area contributed by atoms with Crippen LogP contribution >= 0.6 is 11.3 Å². The molecule has 0 bridgehead atoms. The summed E-state index contributed by atoms with van der Waals surface area (Å²) in [5.41, 5.74) is 4.82. The third-order valence-corrected chi connectivity index (χ3v) is 7.48. The Labute approximate surface area is 191 Å². The van der Waals surface area contributed by atoms with Crippen LogP contribution in [-0.4, -0.2) is 10.9 Å². The van der Waals surface area contributed by atoms with E-state index in [0.29, 0.717) is 22.0 Å². The molecule has 1 atom stereocenters. The number of hydrogen-bond donors (Lipinski definition) is 1. The predicted octanol–water partition coefficient (Wildman–Crippen LogP) is 6.60. The Morgan fingerprint density at radius 3 is 2.75 bits per heavy atom. The second-order valence-corrected chi connectivity index (χ2v) is 9.33. The third kappa shape index (κ3) is 3.68. The van der Waals surface area contributed by atoms with Gasteiger partial charge in [0, 0.05) is 15.8 Å². The molecule has 0 saturated heterocycles. The molecule has 158 valence electrons. The highest BCUT2D eigenvalue weighted by atomic mass is 32.1. The van der Waals surface area contributed by atoms with Crippen molar-refractivity contribution in [3.05, 3.63) is 82.2 Å². The molecule has 0 radical (unpaired) electrons. The first-order valence-electron chi connectivity index (χ1n) is 11.0. The number of carbonyl (C=O) groups excluding carboxylic acids is 1. The smallest absolute Gasteiger partial charge is 0.257 e. The summed E-state index contributed by atoms with van der Waals surface area (Å²) in [6, 6.07) is 21.8. The van der Waals surface area contributed by atoms with Gasteiger partial charge in [0.05, 0.1) is 22.3 Å². The minimum Gasteiger partial charge on any atom is -0.312 e. The van der Waals surface area contributed by atoms with Crippen molar-refractivity contribution in [3.8, 4) is 17.3 Å². The maximum Gasteiger partial charge on any atom is 0.257 e. The summed E-state index contributed by atoms with van der Waals surface area (Å²) in [5, 5.41) is 14.4. The van der Waals surface area contributed by atoms with E-state index in [9.17, 15) is 10.1 Å². The molecule has 32 heavy (non-hydrogen) atoms. The Balaban J connectivity index is 1.55. The van der Waals surface area contributed by atoms with Gasteiger partial charge in [0.25, 0.3) is 5.91 Å². The first-order valence-corrected chi connectivity index (χ1v) is 11.8. The number of pyridine rings is 1. The molecular formula is C27H23N3OS. The molecule has 1 unspecified atom stereocenters. The summed E-state index contributed by atoms with van der Waals surface area (Å²) in [6.07, 6.45) is 4.17. The summed E-state index contributed by atoms with van der Waals surface area (Å²) in [6.45, 7) is 2.22. The lowest BCUT2D eigenvalue weighted by molar-refractivity contribution is 0.102. The van der Waals surface area contributed by atoms with E-state index in [1.54, 1.807) is 11.3 Å². The van der Waals surface area contributed by atoms with Crippen molar-refractivity contribution in [1.82, 2.24) is 4.98 Å². The van der Waals surface area contributed by atoms with Gasteiger partial charge >= 0.3 is 0 Å². The summed E-state index contributed by atoms with van der Waals surface area (Å²) >= 11 is 1.56. The second-order valence-electron chi connectivity index (χ2n) is 8.23. The highest BCUT2D eigenvalue weighted by molar-refractivity contribution is 7.16. The minimum atomic E-state index is -0.206. The average Bonchev–Trinajstić information content (AvgIpc) is 3.19. The Kier molecular flexibility index (Phi) is 5.46. The minimum absolute atomic E-state index is 0.206. The average molecular weight is 438 g/mol. The van der Waals surface area contributed by atoms with Gasteiger partial charge in [0.1, 0.15) is 11.1 Å². The van der Waals surface area contributed by atoms with Crippen LogP contribution in [0.3, 0.4) is 0 Å². The first-order chi connectivity index (χ1) is 15.7. The lowest BCUT2D eigenvalue weighted by Gasteiger charge is -2.20. The zero-order valence-corrected chi connectivity index (χ0v) is 18.7. The summed E-state index contributed by atoms with van der Waals surface area (Å²) < 4.78 is 0. The molecule has 0 saturated carbocycles. The standard InChI is InChI=1S/C27H23N3OS/c1-2-17-12-13-20-22(16-28)27(32-25(20)14-17)30-26(31)21-15-24(18-8-4-3-5-9-18)29-23-11-7-6-10-19(21)23/h3-11,15,17H,2,12-14H2,1H3,(H,30,31). The number of nitrogens with zero attached hydrogens (tertiary/aromatic N) is 2. The molecule has 2 aromatic carbocycles. The molecule has 1 amide bonds. The number of hydrogen-bond acceptors (Lipinski definition) is 4. The molecule has 1 aliphatic carbocycles. The van der Waals surface area contributed by atoms with Crippen molar-refractivity contribution in [2.45, 2.75) is 32.6 Å². The van der Waals surface area contributed by atoms with Crippen molar-refractivity contribution in [2.24, 2.45) is 5.92 Å². The highest BCUT2D eigenvalue weighted by Gasteiger charge is 2.26. The number of rotatable bonds is 4. The predicted molar refractivity (Wildman–Crippen MR) is 130 cm³/mol. The lowest BCUT2D eigenvalue weighted by Crippen LogP contribution is -2.13. The van der Waals surface area contributed by atoms with Gasteiger partial charge in [-0.25, -0.2) is 4.98 Å². The number of para-hydroxylation sites is 1. The van der Waals surface area contributed by atoms with Crippen LogP contribution < -0.4 is 5.32 Å². The van der Waals surface area contributed by atoms with E-state index in [1.165, 1.54) is 4.88 Å². The van der Waals surface area contributed by atoms with E-state index in [1.807, 2.05) is 60.7 Å². The number of carbonyl (C=O) groups is 1. The van der Waals surface area contributed by atoms with Crippen molar-refractivity contribution in [3.63, 3.8) is 0 Å². The van der Waals surface area contributed by atoms with E-state index < -0.39 is 0 Å². The fraction of sp³-hybridized carbons (Fsp3) is 0.222. The van der Waals surface area contributed by atoms with E-state index >= 15 is 0 Å². The molecule has 4 nitrogen and oxygen atoms in total. The topological polar surface area (TPSA) is 65.8 Å². The molecule has 5 heteroatoms. The first kappa shape index (κ1) is 20.4. The molecule has 0 fully saturated rings. The SMILES string of the molecule is CCC1CCc2c(sc(NC(=O)c3cc(-c4ccccc4)nc4ccccc34)c2C#N)C1. The highest BCUT2D eigenvalue weighted by Crippen LogP contribution is 2.40. The third-order valence-electron chi connectivity index (χ3n) is 6.31. The quantitative estimate of drug-likeness (QED) is 0.391. The van der Waals surface area contributed by atoms with Crippen LogP contribution in [0.15, 0.2) is 60.7 Å². The normalized spacial score (nSPS) is 15.2. The number of aromatic nitrogens is 1. The molecule has 4 aromatic rings. The van der Waals surface area contributed by atoms with Crippen molar-refractivity contribution in [1.29, 1.82) is 5.26 Å². The van der Waals surface area contributed by atoms with Gasteiger partial charge < -0.3 is 5.32 Å². The van der Waals surface area contributed by atoms with E-state index in [0.717, 1.165) is 53.4 Å². The monoisotopic (exact) mass is 437 g/mol. The van der Waals surface area contributed by atoms with Crippen LogP contribution in [-0.2, 0) is 12.8 Å². The Morgan fingerprint density at radius 2 is 1.97 bits per heavy atom. The van der Waals surface area contributed by atoms with Gasteiger partial charge in [-0.2, -0.15) is 5.26 Å². The molecular weight excluding hydrogens is 414 g/mol. The van der Waals surface area contributed by atoms with Crippen LogP contribution in [0.25, 0.3) is 22.2 Å². The van der Waals surface area contributed by atoms with Crippen molar-refractivity contribution >= 4 is 33.1 Å². The fourth-order valence-electron chi connectivity index (χ4n) is 4.50. The van der Waals surface area contributed by atoms with E-state index in [2.05, 4.69) is 18.3 Å². The van der Waals surface area contributed by atoms with Crippen LogP contribution in [0.1, 0.15) is 46.1 Å². The zero-order chi connectivity index (χ0) is 22.1. The number of nitriles is 1. The van der Waals surface area contributed by atoms with Crippen molar-refractivity contribution in [2.75, 3.05) is 5.32 Å². The van der Waals surface area contributed by atoms with Crippen LogP contribution in [0, 0.1) is 17.2 Å². The van der Waals surface area contributed by atoms with Gasteiger partial charge in [-0.05, 0) is 42.9 Å². The maximum atomic E-state index is 13.5. The maximum absolute atomic E-state index is 13.5.